The number of ether oxygens (including phenoxy) is 2. The van der Waals surface area contributed by atoms with Gasteiger partial charge in [0.2, 0.25) is 0 Å². The first-order valence-electron chi connectivity index (χ1n) is 10.1. The molecular formula is C25H24N2O4. The molecule has 3 aromatic carbocycles. The Morgan fingerprint density at radius 2 is 1.81 bits per heavy atom. The van der Waals surface area contributed by atoms with Crippen molar-refractivity contribution in [3.63, 3.8) is 0 Å². The lowest BCUT2D eigenvalue weighted by Crippen LogP contribution is -2.50. The van der Waals surface area contributed by atoms with Crippen molar-refractivity contribution < 1.29 is 19.1 Å². The van der Waals surface area contributed by atoms with Crippen molar-refractivity contribution in [3.05, 3.63) is 89.5 Å². The Hall–Kier alpha value is -3.80. The van der Waals surface area contributed by atoms with Gasteiger partial charge < -0.3 is 19.7 Å². The summed E-state index contributed by atoms with van der Waals surface area (Å²) < 4.78 is 11.2. The number of aryl methyl sites for hydroxylation is 1. The van der Waals surface area contributed by atoms with Crippen molar-refractivity contribution in [2.45, 2.75) is 19.6 Å². The van der Waals surface area contributed by atoms with Crippen LogP contribution in [0.3, 0.4) is 0 Å². The number of anilines is 1. The number of methoxy groups -OCH3 is 1. The van der Waals surface area contributed by atoms with Crippen LogP contribution in [0.4, 0.5) is 5.69 Å². The smallest absolute Gasteiger partial charge is 0.263 e. The van der Waals surface area contributed by atoms with E-state index in [0.717, 1.165) is 16.9 Å². The van der Waals surface area contributed by atoms with Crippen LogP contribution in [0.15, 0.2) is 72.8 Å². The minimum atomic E-state index is -0.804. The Morgan fingerprint density at radius 1 is 1.06 bits per heavy atom. The summed E-state index contributed by atoms with van der Waals surface area (Å²) in [5, 5.41) is 2.90. The van der Waals surface area contributed by atoms with E-state index in [0.29, 0.717) is 23.5 Å². The first kappa shape index (κ1) is 20.5. The minimum Gasteiger partial charge on any atom is -0.496 e. The van der Waals surface area contributed by atoms with Gasteiger partial charge in [-0.15, -0.1) is 0 Å². The highest BCUT2D eigenvalue weighted by Gasteiger charge is 2.34. The van der Waals surface area contributed by atoms with Crippen LogP contribution in [0.2, 0.25) is 0 Å². The Morgan fingerprint density at radius 3 is 2.55 bits per heavy atom. The van der Waals surface area contributed by atoms with Gasteiger partial charge in [0.1, 0.15) is 11.5 Å². The van der Waals surface area contributed by atoms with Crippen LogP contribution in [-0.4, -0.2) is 31.6 Å². The van der Waals surface area contributed by atoms with E-state index in [1.807, 2.05) is 55.5 Å². The van der Waals surface area contributed by atoms with E-state index < -0.39 is 6.10 Å². The van der Waals surface area contributed by atoms with Crippen LogP contribution in [0.25, 0.3) is 0 Å². The van der Waals surface area contributed by atoms with E-state index >= 15 is 0 Å². The molecule has 0 aliphatic carbocycles. The van der Waals surface area contributed by atoms with Gasteiger partial charge in [-0.25, -0.2) is 0 Å². The molecule has 0 saturated heterocycles. The number of nitrogens with zero attached hydrogens (tertiary/aromatic N) is 1. The minimum absolute atomic E-state index is 0.127. The number of para-hydroxylation sites is 2. The normalized spacial score (nSPS) is 14.9. The van der Waals surface area contributed by atoms with Crippen LogP contribution >= 0.6 is 0 Å². The van der Waals surface area contributed by atoms with Gasteiger partial charge in [0, 0.05) is 12.1 Å². The van der Waals surface area contributed by atoms with Gasteiger partial charge in [0.15, 0.2) is 6.10 Å². The van der Waals surface area contributed by atoms with Crippen molar-refractivity contribution in [1.82, 2.24) is 5.32 Å². The maximum atomic E-state index is 13.4. The molecule has 1 heterocycles. The zero-order valence-corrected chi connectivity index (χ0v) is 17.5. The van der Waals surface area contributed by atoms with Crippen LogP contribution in [-0.2, 0) is 11.3 Å². The van der Waals surface area contributed by atoms with Crippen LogP contribution in [0.1, 0.15) is 21.5 Å². The zero-order valence-electron chi connectivity index (χ0n) is 17.5. The summed E-state index contributed by atoms with van der Waals surface area (Å²) in [4.78, 5) is 27.8. The van der Waals surface area contributed by atoms with Gasteiger partial charge in [-0.3, -0.25) is 9.59 Å². The molecule has 0 bridgehead atoms. The molecule has 1 aliphatic rings. The highest BCUT2D eigenvalue weighted by Crippen LogP contribution is 2.34. The van der Waals surface area contributed by atoms with E-state index in [1.54, 1.807) is 36.3 Å². The van der Waals surface area contributed by atoms with Gasteiger partial charge >= 0.3 is 0 Å². The van der Waals surface area contributed by atoms with Crippen LogP contribution in [0, 0.1) is 6.92 Å². The summed E-state index contributed by atoms with van der Waals surface area (Å²) in [6, 6.07) is 22.2. The molecule has 3 aromatic rings. The fourth-order valence-corrected chi connectivity index (χ4v) is 3.63. The third kappa shape index (κ3) is 4.38. The molecule has 0 fully saturated rings. The number of carbonyl (C=O) groups excluding carboxylic acids is 2. The molecule has 0 aromatic heterocycles. The Kier molecular flexibility index (Phi) is 5.89. The second-order valence-corrected chi connectivity index (χ2v) is 7.38. The lowest BCUT2D eigenvalue weighted by atomic mass is 10.1. The zero-order chi connectivity index (χ0) is 21.8. The van der Waals surface area contributed by atoms with Gasteiger partial charge in [-0.2, -0.15) is 0 Å². The van der Waals surface area contributed by atoms with Crippen molar-refractivity contribution in [2.75, 3.05) is 18.6 Å². The summed E-state index contributed by atoms with van der Waals surface area (Å²) in [5.41, 5.74) is 3.03. The standard InChI is InChI=1S/C25H24N2O4/c1-17-14-19(12-13-21(17)30-2)25(29)27-16-23(31-22-11-7-6-10-20(22)27)24(28)26-15-18-8-4-3-5-9-18/h3-14,23H,15-16H2,1-2H3,(H,26,28)/t23-/m1/s1. The third-order valence-electron chi connectivity index (χ3n) is 5.26. The summed E-state index contributed by atoms with van der Waals surface area (Å²) in [6.07, 6.45) is -0.804. The van der Waals surface area contributed by atoms with Gasteiger partial charge in [-0.05, 0) is 48.4 Å². The van der Waals surface area contributed by atoms with Gasteiger partial charge in [0.25, 0.3) is 11.8 Å². The van der Waals surface area contributed by atoms with Crippen LogP contribution < -0.4 is 19.7 Å². The summed E-state index contributed by atoms with van der Waals surface area (Å²) in [7, 11) is 1.60. The van der Waals surface area contributed by atoms with Crippen LogP contribution in [0.5, 0.6) is 11.5 Å². The number of rotatable bonds is 5. The average molecular weight is 416 g/mol. The predicted molar refractivity (Wildman–Crippen MR) is 119 cm³/mol. The molecule has 1 atom stereocenters. The van der Waals surface area contributed by atoms with E-state index in [9.17, 15) is 9.59 Å². The van der Waals surface area contributed by atoms with Crippen molar-refractivity contribution in [2.24, 2.45) is 0 Å². The predicted octanol–water partition coefficient (Wildman–Crippen LogP) is 3.73. The Balaban J connectivity index is 1.56. The molecule has 0 spiro atoms. The van der Waals surface area contributed by atoms with Gasteiger partial charge in [0.05, 0.1) is 19.3 Å². The molecule has 158 valence electrons. The summed E-state index contributed by atoms with van der Waals surface area (Å²) in [5.74, 6) is 0.772. The Bertz CT molecular complexity index is 1100. The number of nitrogens with one attached hydrogen (secondary N) is 1. The van der Waals surface area contributed by atoms with E-state index in [1.165, 1.54) is 0 Å². The second kappa shape index (κ2) is 8.92. The number of benzene rings is 3. The van der Waals surface area contributed by atoms with Gasteiger partial charge in [-0.1, -0.05) is 42.5 Å². The monoisotopic (exact) mass is 416 g/mol. The maximum absolute atomic E-state index is 13.4. The number of amides is 2. The molecule has 0 saturated carbocycles. The molecule has 6 nitrogen and oxygen atoms in total. The topological polar surface area (TPSA) is 67.9 Å². The van der Waals surface area contributed by atoms with E-state index in [2.05, 4.69) is 5.32 Å². The van der Waals surface area contributed by atoms with Crippen molar-refractivity contribution in [3.8, 4) is 11.5 Å². The number of carbonyl (C=O) groups is 2. The molecule has 31 heavy (non-hydrogen) atoms. The molecular weight excluding hydrogens is 392 g/mol. The number of hydrogen-bond acceptors (Lipinski definition) is 4. The molecule has 1 aliphatic heterocycles. The number of hydrogen-bond donors (Lipinski definition) is 1. The molecule has 1 N–H and O–H groups in total. The average Bonchev–Trinajstić information content (AvgIpc) is 2.82. The fourth-order valence-electron chi connectivity index (χ4n) is 3.63. The fraction of sp³-hybridized carbons (Fsp3) is 0.200. The summed E-state index contributed by atoms with van der Waals surface area (Å²) >= 11 is 0. The summed E-state index contributed by atoms with van der Waals surface area (Å²) in [6.45, 7) is 2.41. The third-order valence-corrected chi connectivity index (χ3v) is 5.26. The highest BCUT2D eigenvalue weighted by molar-refractivity contribution is 6.08. The first-order valence-corrected chi connectivity index (χ1v) is 10.1. The molecule has 0 unspecified atom stereocenters. The van der Waals surface area contributed by atoms with Crippen molar-refractivity contribution in [1.29, 1.82) is 0 Å². The molecule has 6 heteroatoms. The lowest BCUT2D eigenvalue weighted by molar-refractivity contribution is -0.127. The van der Waals surface area contributed by atoms with E-state index in [4.69, 9.17) is 9.47 Å². The second-order valence-electron chi connectivity index (χ2n) is 7.38. The number of fused-ring (bicyclic) bond motifs is 1. The quantitative estimate of drug-likeness (QED) is 0.688. The SMILES string of the molecule is COc1ccc(C(=O)N2C[C@H](C(=O)NCc3ccccc3)Oc3ccccc32)cc1C. The Labute approximate surface area is 181 Å². The highest BCUT2D eigenvalue weighted by atomic mass is 16.5. The molecule has 4 rings (SSSR count). The molecule has 2 amide bonds. The lowest BCUT2D eigenvalue weighted by Gasteiger charge is -2.34. The largest absolute Gasteiger partial charge is 0.496 e. The van der Waals surface area contributed by atoms with Crippen molar-refractivity contribution >= 4 is 17.5 Å². The van der Waals surface area contributed by atoms with E-state index in [-0.39, 0.29) is 18.4 Å². The first-order chi connectivity index (χ1) is 15.1. The molecule has 0 radical (unpaired) electrons. The maximum Gasteiger partial charge on any atom is 0.263 e.